The van der Waals surface area contributed by atoms with E-state index < -0.39 is 24.0 Å². The highest BCUT2D eigenvalue weighted by atomic mass is 19.4. The van der Waals surface area contributed by atoms with Crippen molar-refractivity contribution in [2.45, 2.75) is 6.92 Å². The van der Waals surface area contributed by atoms with E-state index >= 15 is 0 Å². The van der Waals surface area contributed by atoms with Crippen LogP contribution in [0.5, 0.6) is 0 Å². The number of methoxy groups -OCH3 is 1. The molecule has 1 rings (SSSR count). The van der Waals surface area contributed by atoms with Gasteiger partial charge in [-0.05, 0) is 6.92 Å². The Labute approximate surface area is 85.1 Å². The predicted molar refractivity (Wildman–Crippen MR) is 51.2 cm³/mol. The number of hydrogen-bond acceptors (Lipinski definition) is 2. The van der Waals surface area contributed by atoms with Gasteiger partial charge in [0.25, 0.3) is 0 Å². The lowest BCUT2D eigenvalue weighted by atomic mass is 9.76. The molecule has 0 atom stereocenters. The Hall–Kier alpha value is -1.46. The van der Waals surface area contributed by atoms with Crippen LogP contribution in [-0.2, 0) is 4.74 Å². The van der Waals surface area contributed by atoms with Gasteiger partial charge in [0.2, 0.25) is 0 Å². The van der Waals surface area contributed by atoms with E-state index in [2.05, 4.69) is 4.74 Å². The number of aryl methyl sites for hydroxylation is 1. The van der Waals surface area contributed by atoms with Gasteiger partial charge in [-0.15, -0.1) is 0 Å². The molecule has 0 saturated carbocycles. The zero-order chi connectivity index (χ0) is 11.6. The Morgan fingerprint density at radius 1 is 1.33 bits per heavy atom. The quantitative estimate of drug-likeness (QED) is 0.557. The molecule has 0 aliphatic heterocycles. The molecule has 0 heterocycles. The third kappa shape index (κ3) is 2.52. The molecule has 0 aliphatic carbocycles. The number of esters is 1. The molecule has 0 amide bonds. The van der Waals surface area contributed by atoms with Crippen molar-refractivity contribution >= 4 is 18.4 Å². The summed E-state index contributed by atoms with van der Waals surface area (Å²) in [6.45, 7) is -3.66. The molecule has 1 aromatic rings. The molecule has 0 bridgehead atoms. The van der Waals surface area contributed by atoms with Crippen LogP contribution >= 0.6 is 0 Å². The summed E-state index contributed by atoms with van der Waals surface area (Å²) in [6, 6.07) is 3.52. The summed E-state index contributed by atoms with van der Waals surface area (Å²) in [5, 5.41) is 0. The summed E-state index contributed by atoms with van der Waals surface area (Å²) in [6.07, 6.45) is 0. The van der Waals surface area contributed by atoms with Gasteiger partial charge in [-0.3, -0.25) is 0 Å². The van der Waals surface area contributed by atoms with Crippen molar-refractivity contribution in [1.29, 1.82) is 0 Å². The predicted octanol–water partition coefficient (Wildman–Crippen LogP) is 1.84. The van der Waals surface area contributed by atoms with Gasteiger partial charge in [-0.25, -0.2) is 4.79 Å². The Bertz CT molecular complexity index is 387. The number of carbonyl (C=O) groups is 1. The lowest BCUT2D eigenvalue weighted by Gasteiger charge is -2.18. The lowest BCUT2D eigenvalue weighted by Crippen LogP contribution is -2.38. The molecule has 2 nitrogen and oxygen atoms in total. The summed E-state index contributed by atoms with van der Waals surface area (Å²) in [5.74, 6) is -0.968. The van der Waals surface area contributed by atoms with E-state index in [4.69, 9.17) is 0 Å². The Morgan fingerprint density at radius 2 is 1.93 bits per heavy atom. The van der Waals surface area contributed by atoms with Gasteiger partial charge < -0.3 is 17.7 Å². The van der Waals surface area contributed by atoms with Gasteiger partial charge >= 0.3 is 12.9 Å². The molecule has 0 aliphatic rings. The zero-order valence-electron chi connectivity index (χ0n) is 8.26. The minimum Gasteiger partial charge on any atom is -0.465 e. The van der Waals surface area contributed by atoms with Crippen molar-refractivity contribution < 1.29 is 22.5 Å². The first-order valence-electron chi connectivity index (χ1n) is 4.25. The minimum atomic E-state index is -5.20. The molecule has 0 N–H and O–H groups in total. The summed E-state index contributed by atoms with van der Waals surface area (Å²) in [7, 11) is 1.05. The maximum atomic E-state index is 12.6. The molecule has 0 spiro atoms. The molecule has 0 unspecified atom stereocenters. The number of halogens is 3. The molecule has 0 saturated heterocycles. The van der Waals surface area contributed by atoms with Gasteiger partial charge in [-0.2, -0.15) is 0 Å². The Balaban J connectivity index is 3.33. The van der Waals surface area contributed by atoms with Crippen LogP contribution in [0, 0.1) is 6.92 Å². The van der Waals surface area contributed by atoms with Crippen molar-refractivity contribution in [3.8, 4) is 0 Å². The average Bonchev–Trinajstić information content (AvgIpc) is 2.15. The minimum absolute atomic E-state index is 0.435. The number of benzene rings is 1. The second kappa shape index (κ2) is 3.96. The monoisotopic (exact) mass is 217 g/mol. The molecule has 0 radical (unpaired) electrons. The van der Waals surface area contributed by atoms with Crippen LogP contribution in [0.3, 0.4) is 0 Å². The van der Waals surface area contributed by atoms with E-state index in [9.17, 15) is 17.7 Å². The first-order chi connectivity index (χ1) is 6.86. The number of carbonyl (C=O) groups excluding carboxylic acids is 1. The molecule has 0 fully saturated rings. The fraction of sp³-hybridized carbons (Fsp3) is 0.222. The number of hydrogen-bond donors (Lipinski definition) is 0. The Morgan fingerprint density at radius 3 is 2.40 bits per heavy atom. The summed E-state index contributed by atoms with van der Waals surface area (Å²) in [5.41, 5.74) is -0.880. The third-order valence-electron chi connectivity index (χ3n) is 1.97. The van der Waals surface area contributed by atoms with Crippen molar-refractivity contribution in [1.82, 2.24) is 0 Å². The van der Waals surface area contributed by atoms with Crippen LogP contribution in [-0.4, -0.2) is 20.1 Å². The highest BCUT2D eigenvalue weighted by Crippen LogP contribution is 2.14. The molecule has 15 heavy (non-hydrogen) atoms. The average molecular weight is 217 g/mol. The second-order valence-corrected chi connectivity index (χ2v) is 3.16. The van der Waals surface area contributed by atoms with Crippen LogP contribution in [0.1, 0.15) is 15.9 Å². The standard InChI is InChI=1S/C9H9BF3O2/c1-6-3-4-7(9(14)15-2)8(5-6)10(11,12)13/h3-5H,1-2H3/q-1. The highest BCUT2D eigenvalue weighted by Gasteiger charge is 2.30. The van der Waals surface area contributed by atoms with Gasteiger partial charge in [0.1, 0.15) is 0 Å². The maximum Gasteiger partial charge on any atom is 0.510 e. The second-order valence-electron chi connectivity index (χ2n) is 3.16. The Kier molecular flexibility index (Phi) is 3.07. The lowest BCUT2D eigenvalue weighted by molar-refractivity contribution is 0.0601. The molecule has 0 aromatic heterocycles. The van der Waals surface area contributed by atoms with E-state index in [0.717, 1.165) is 19.2 Å². The molecule has 82 valence electrons. The van der Waals surface area contributed by atoms with Gasteiger partial charge in [-0.1, -0.05) is 29.2 Å². The maximum absolute atomic E-state index is 12.6. The number of rotatable bonds is 2. The van der Waals surface area contributed by atoms with E-state index in [1.807, 2.05) is 0 Å². The van der Waals surface area contributed by atoms with Crippen LogP contribution < -0.4 is 5.46 Å². The van der Waals surface area contributed by atoms with Crippen molar-refractivity contribution in [3.63, 3.8) is 0 Å². The summed E-state index contributed by atoms with van der Waals surface area (Å²) < 4.78 is 42.0. The normalized spacial score (nSPS) is 11.3. The van der Waals surface area contributed by atoms with Gasteiger partial charge in [0.15, 0.2) is 0 Å². The first-order valence-corrected chi connectivity index (χ1v) is 4.25. The molecule has 6 heteroatoms. The van der Waals surface area contributed by atoms with Crippen molar-refractivity contribution in [3.05, 3.63) is 29.3 Å². The molecule has 1 aromatic carbocycles. The fourth-order valence-corrected chi connectivity index (χ4v) is 1.25. The highest BCUT2D eigenvalue weighted by molar-refractivity contribution is 6.74. The zero-order valence-corrected chi connectivity index (χ0v) is 8.26. The smallest absolute Gasteiger partial charge is 0.465 e. The van der Waals surface area contributed by atoms with E-state index in [1.54, 1.807) is 0 Å². The summed E-state index contributed by atoms with van der Waals surface area (Å²) >= 11 is 0. The first kappa shape index (κ1) is 11.6. The van der Waals surface area contributed by atoms with E-state index in [1.165, 1.54) is 13.0 Å². The van der Waals surface area contributed by atoms with Crippen LogP contribution in [0.25, 0.3) is 0 Å². The summed E-state index contributed by atoms with van der Waals surface area (Å²) in [4.78, 5) is 11.1. The SMILES string of the molecule is COC(=O)c1ccc(C)cc1[B-](F)(F)F. The third-order valence-corrected chi connectivity index (χ3v) is 1.97. The van der Waals surface area contributed by atoms with Crippen LogP contribution in [0.4, 0.5) is 12.9 Å². The van der Waals surface area contributed by atoms with E-state index in [0.29, 0.717) is 5.56 Å². The van der Waals surface area contributed by atoms with E-state index in [-0.39, 0.29) is 0 Å². The van der Waals surface area contributed by atoms with Gasteiger partial charge in [0.05, 0.1) is 7.11 Å². The van der Waals surface area contributed by atoms with Crippen molar-refractivity contribution in [2.75, 3.05) is 7.11 Å². The van der Waals surface area contributed by atoms with Gasteiger partial charge in [0, 0.05) is 5.56 Å². The molecular formula is C9H9BF3O2-. The van der Waals surface area contributed by atoms with Crippen LogP contribution in [0.2, 0.25) is 0 Å². The van der Waals surface area contributed by atoms with Crippen molar-refractivity contribution in [2.24, 2.45) is 0 Å². The molecular weight excluding hydrogens is 208 g/mol. The number of ether oxygens (including phenoxy) is 1. The topological polar surface area (TPSA) is 26.3 Å². The largest absolute Gasteiger partial charge is 0.510 e. The fourth-order valence-electron chi connectivity index (χ4n) is 1.25. The van der Waals surface area contributed by atoms with Crippen LogP contribution in [0.15, 0.2) is 18.2 Å².